The molecular formula is C12H26N2O2S. The monoisotopic (exact) mass is 262 g/mol. The highest BCUT2D eigenvalue weighted by molar-refractivity contribution is 7.84. The number of hydrogen-bond acceptors (Lipinski definition) is 2. The van der Waals surface area contributed by atoms with E-state index in [1.54, 1.807) is 14.1 Å². The Labute approximate surface area is 108 Å². The Hall–Kier alpha value is -0.420. The van der Waals surface area contributed by atoms with Gasteiger partial charge in [0.2, 0.25) is 5.91 Å². The van der Waals surface area contributed by atoms with Crippen LogP contribution in [0.4, 0.5) is 0 Å². The average Bonchev–Trinajstić information content (AvgIpc) is 2.08. The summed E-state index contributed by atoms with van der Waals surface area (Å²) in [5.41, 5.74) is -0.276. The summed E-state index contributed by atoms with van der Waals surface area (Å²) < 4.78 is 14.7. The van der Waals surface area contributed by atoms with Crippen molar-refractivity contribution in [2.75, 3.05) is 14.1 Å². The quantitative estimate of drug-likeness (QED) is 0.839. The van der Waals surface area contributed by atoms with Gasteiger partial charge in [-0.15, -0.1) is 0 Å². The minimum Gasteiger partial charge on any atom is -0.347 e. The maximum absolute atomic E-state index is 12.1. The zero-order valence-corrected chi connectivity index (χ0v) is 13.1. The Morgan fingerprint density at radius 3 is 1.76 bits per heavy atom. The van der Waals surface area contributed by atoms with Gasteiger partial charge in [0.15, 0.2) is 0 Å². The number of nitrogens with one attached hydrogen (secondary N) is 1. The van der Waals surface area contributed by atoms with E-state index in [2.05, 4.69) is 4.72 Å². The first-order valence-electron chi connectivity index (χ1n) is 5.76. The average molecular weight is 262 g/mol. The Kier molecular flexibility index (Phi) is 5.35. The van der Waals surface area contributed by atoms with Gasteiger partial charge in [0, 0.05) is 14.1 Å². The van der Waals surface area contributed by atoms with E-state index in [9.17, 15) is 9.00 Å². The molecule has 17 heavy (non-hydrogen) atoms. The Morgan fingerprint density at radius 2 is 1.53 bits per heavy atom. The van der Waals surface area contributed by atoms with Gasteiger partial charge in [-0.1, -0.05) is 20.8 Å². The highest BCUT2D eigenvalue weighted by atomic mass is 32.2. The highest BCUT2D eigenvalue weighted by Gasteiger charge is 2.35. The number of likely N-dealkylation sites (N-methyl/N-ethyl adjacent to an activating group) is 1. The molecule has 5 heteroatoms. The molecule has 0 fully saturated rings. The van der Waals surface area contributed by atoms with Crippen LogP contribution >= 0.6 is 0 Å². The van der Waals surface area contributed by atoms with Crippen LogP contribution in [-0.2, 0) is 15.8 Å². The smallest absolute Gasteiger partial charge is 0.240 e. The van der Waals surface area contributed by atoms with Crippen LogP contribution in [-0.4, -0.2) is 39.9 Å². The Morgan fingerprint density at radius 1 is 1.12 bits per heavy atom. The minimum absolute atomic E-state index is 0.0462. The normalized spacial score (nSPS) is 16.5. The molecule has 0 aromatic rings. The standard InChI is InChI=1S/C12H26N2O2S/c1-11(2,3)9(10(15)14(7)8)13-17(16)12(4,5)6/h9,13H,1-8H3/t9-,17-/m0/s1. The van der Waals surface area contributed by atoms with Crippen molar-refractivity contribution in [2.45, 2.75) is 52.3 Å². The first kappa shape index (κ1) is 16.6. The fourth-order valence-electron chi connectivity index (χ4n) is 1.14. The van der Waals surface area contributed by atoms with E-state index in [-0.39, 0.29) is 16.1 Å². The van der Waals surface area contributed by atoms with E-state index in [0.717, 1.165) is 0 Å². The summed E-state index contributed by atoms with van der Waals surface area (Å²) in [4.78, 5) is 13.6. The topological polar surface area (TPSA) is 49.4 Å². The van der Waals surface area contributed by atoms with Crippen molar-refractivity contribution in [1.82, 2.24) is 9.62 Å². The van der Waals surface area contributed by atoms with Crippen LogP contribution in [0.15, 0.2) is 0 Å². The summed E-state index contributed by atoms with van der Waals surface area (Å²) in [7, 11) is 2.17. The molecule has 0 spiro atoms. The summed E-state index contributed by atoms with van der Waals surface area (Å²) in [5.74, 6) is -0.0462. The van der Waals surface area contributed by atoms with Crippen LogP contribution in [0.1, 0.15) is 41.5 Å². The number of carbonyl (C=O) groups is 1. The maximum atomic E-state index is 12.1. The fraction of sp³-hybridized carbons (Fsp3) is 0.917. The second-order valence-electron chi connectivity index (χ2n) is 6.53. The van der Waals surface area contributed by atoms with Crippen molar-refractivity contribution >= 4 is 16.9 Å². The lowest BCUT2D eigenvalue weighted by Gasteiger charge is -2.33. The van der Waals surface area contributed by atoms with Crippen molar-refractivity contribution in [3.63, 3.8) is 0 Å². The molecule has 0 aliphatic carbocycles. The van der Waals surface area contributed by atoms with Crippen LogP contribution < -0.4 is 4.72 Å². The molecule has 1 N–H and O–H groups in total. The zero-order valence-electron chi connectivity index (χ0n) is 12.2. The molecule has 4 nitrogen and oxygen atoms in total. The van der Waals surface area contributed by atoms with Crippen LogP contribution in [0.25, 0.3) is 0 Å². The summed E-state index contributed by atoms with van der Waals surface area (Å²) in [6, 6.07) is -0.447. The summed E-state index contributed by atoms with van der Waals surface area (Å²) in [5, 5.41) is 0. The molecular weight excluding hydrogens is 236 g/mol. The third-order valence-corrected chi connectivity index (χ3v) is 3.90. The molecule has 0 aliphatic rings. The minimum atomic E-state index is -1.25. The van der Waals surface area contributed by atoms with E-state index in [4.69, 9.17) is 0 Å². The molecule has 102 valence electrons. The van der Waals surface area contributed by atoms with E-state index < -0.39 is 17.0 Å². The number of carbonyl (C=O) groups excluding carboxylic acids is 1. The zero-order chi connectivity index (χ0) is 14.0. The maximum Gasteiger partial charge on any atom is 0.240 e. The Bertz CT molecular complexity index is 301. The number of rotatable bonds is 3. The van der Waals surface area contributed by atoms with Gasteiger partial charge in [-0.05, 0) is 26.2 Å². The molecule has 1 amide bonds. The summed E-state index contributed by atoms with van der Waals surface area (Å²) in [6.07, 6.45) is 0. The van der Waals surface area contributed by atoms with E-state index in [1.165, 1.54) is 4.90 Å². The molecule has 0 heterocycles. The first-order valence-corrected chi connectivity index (χ1v) is 6.91. The molecule has 0 radical (unpaired) electrons. The second-order valence-corrected chi connectivity index (χ2v) is 8.53. The molecule has 0 saturated carbocycles. The number of nitrogens with zero attached hydrogens (tertiary/aromatic N) is 1. The van der Waals surface area contributed by atoms with Crippen molar-refractivity contribution in [3.05, 3.63) is 0 Å². The third-order valence-electron chi connectivity index (χ3n) is 2.33. The van der Waals surface area contributed by atoms with Gasteiger partial charge in [0.1, 0.15) is 6.04 Å². The third kappa shape index (κ3) is 5.17. The molecule has 0 aliphatic heterocycles. The van der Waals surface area contributed by atoms with Crippen molar-refractivity contribution in [1.29, 1.82) is 0 Å². The molecule has 2 atom stereocenters. The van der Waals surface area contributed by atoms with Gasteiger partial charge >= 0.3 is 0 Å². The second kappa shape index (κ2) is 5.48. The Balaban J connectivity index is 5.00. The van der Waals surface area contributed by atoms with Crippen molar-refractivity contribution in [2.24, 2.45) is 5.41 Å². The number of amides is 1. The molecule has 0 aromatic carbocycles. The van der Waals surface area contributed by atoms with Gasteiger partial charge in [-0.25, -0.2) is 8.93 Å². The molecule has 0 aromatic heterocycles. The van der Waals surface area contributed by atoms with Crippen molar-refractivity contribution in [3.8, 4) is 0 Å². The first-order chi connectivity index (χ1) is 7.37. The van der Waals surface area contributed by atoms with Crippen LogP contribution in [0.2, 0.25) is 0 Å². The molecule has 0 unspecified atom stereocenters. The molecule has 0 saturated heterocycles. The lowest BCUT2D eigenvalue weighted by atomic mass is 9.87. The van der Waals surface area contributed by atoms with Crippen LogP contribution in [0, 0.1) is 5.41 Å². The fourth-order valence-corrected chi connectivity index (χ4v) is 2.16. The van der Waals surface area contributed by atoms with Gasteiger partial charge in [0.25, 0.3) is 0 Å². The van der Waals surface area contributed by atoms with Gasteiger partial charge in [0.05, 0.1) is 15.7 Å². The summed E-state index contributed by atoms with van der Waals surface area (Å²) >= 11 is 0. The lowest BCUT2D eigenvalue weighted by molar-refractivity contribution is -0.132. The predicted molar refractivity (Wildman–Crippen MR) is 73.0 cm³/mol. The lowest BCUT2D eigenvalue weighted by Crippen LogP contribution is -2.54. The highest BCUT2D eigenvalue weighted by Crippen LogP contribution is 2.22. The summed E-state index contributed by atoms with van der Waals surface area (Å²) in [6.45, 7) is 11.5. The van der Waals surface area contributed by atoms with Crippen LogP contribution in [0.3, 0.4) is 0 Å². The SMILES string of the molecule is CN(C)C(=O)[C@H](N[S@@](=O)C(C)(C)C)C(C)(C)C. The van der Waals surface area contributed by atoms with Gasteiger partial charge in [-0.3, -0.25) is 4.79 Å². The van der Waals surface area contributed by atoms with E-state index >= 15 is 0 Å². The van der Waals surface area contributed by atoms with Gasteiger partial charge in [-0.2, -0.15) is 0 Å². The van der Waals surface area contributed by atoms with E-state index in [1.807, 2.05) is 41.5 Å². The largest absolute Gasteiger partial charge is 0.347 e. The van der Waals surface area contributed by atoms with E-state index in [0.29, 0.717) is 0 Å². The van der Waals surface area contributed by atoms with Crippen molar-refractivity contribution < 1.29 is 9.00 Å². The molecule has 0 bridgehead atoms. The predicted octanol–water partition coefficient (Wildman–Crippen LogP) is 1.54. The molecule has 0 rings (SSSR count). The number of hydrogen-bond donors (Lipinski definition) is 1. The van der Waals surface area contributed by atoms with Crippen LogP contribution in [0.5, 0.6) is 0 Å². The van der Waals surface area contributed by atoms with Gasteiger partial charge < -0.3 is 4.90 Å².